The minimum atomic E-state index is 0.648. The third-order valence-electron chi connectivity index (χ3n) is 5.34. The number of rotatable bonds is 4. The molecule has 2 fully saturated rings. The van der Waals surface area contributed by atoms with E-state index in [0.29, 0.717) is 10.0 Å². The molecule has 0 saturated carbocycles. The highest BCUT2D eigenvalue weighted by Gasteiger charge is 2.24. The number of benzene rings is 1. The summed E-state index contributed by atoms with van der Waals surface area (Å²) in [5, 5.41) is 1.32. The van der Waals surface area contributed by atoms with Crippen molar-refractivity contribution in [3.63, 3.8) is 0 Å². The molecule has 4 heteroatoms. The fourth-order valence-electron chi connectivity index (χ4n) is 3.96. The Kier molecular flexibility index (Phi) is 6.64. The molecule has 0 N–H and O–H groups in total. The standard InChI is InChI=1S/C19H28Cl2N2/c20-18-8-7-16(14-19(18)21)9-13-22-10-5-2-6-17(15-22)23-11-3-1-4-12-23/h7-8,14,17H,1-6,9-13,15H2. The highest BCUT2D eigenvalue weighted by molar-refractivity contribution is 6.42. The van der Waals surface area contributed by atoms with Crippen LogP contribution in [0.2, 0.25) is 10.0 Å². The molecule has 128 valence electrons. The van der Waals surface area contributed by atoms with Gasteiger partial charge in [0.25, 0.3) is 0 Å². The molecule has 2 heterocycles. The predicted octanol–water partition coefficient (Wildman–Crippen LogP) is 4.88. The van der Waals surface area contributed by atoms with Gasteiger partial charge in [-0.25, -0.2) is 0 Å². The Balaban J connectivity index is 1.54. The fraction of sp³-hybridized carbons (Fsp3) is 0.684. The second-order valence-corrected chi connectivity index (χ2v) is 7.86. The van der Waals surface area contributed by atoms with Gasteiger partial charge in [-0.3, -0.25) is 4.90 Å². The minimum absolute atomic E-state index is 0.648. The molecule has 1 aromatic rings. The summed E-state index contributed by atoms with van der Waals surface area (Å²) in [7, 11) is 0. The Labute approximate surface area is 150 Å². The van der Waals surface area contributed by atoms with Gasteiger partial charge in [0.05, 0.1) is 10.0 Å². The first kappa shape index (κ1) is 17.5. The summed E-state index contributed by atoms with van der Waals surface area (Å²) < 4.78 is 0. The second-order valence-electron chi connectivity index (χ2n) is 7.05. The van der Waals surface area contributed by atoms with Gasteiger partial charge in [-0.2, -0.15) is 0 Å². The van der Waals surface area contributed by atoms with E-state index in [1.807, 2.05) is 12.1 Å². The monoisotopic (exact) mass is 354 g/mol. The van der Waals surface area contributed by atoms with E-state index >= 15 is 0 Å². The van der Waals surface area contributed by atoms with Crippen molar-refractivity contribution in [2.45, 2.75) is 51.0 Å². The Morgan fingerprint density at radius 2 is 1.70 bits per heavy atom. The van der Waals surface area contributed by atoms with Crippen LogP contribution < -0.4 is 0 Å². The largest absolute Gasteiger partial charge is 0.301 e. The van der Waals surface area contributed by atoms with Crippen LogP contribution in [-0.4, -0.2) is 48.6 Å². The summed E-state index contributed by atoms with van der Waals surface area (Å²) in [6, 6.07) is 6.81. The molecule has 0 aromatic heterocycles. The zero-order valence-electron chi connectivity index (χ0n) is 13.9. The molecule has 2 aliphatic heterocycles. The Bertz CT molecular complexity index is 500. The van der Waals surface area contributed by atoms with E-state index < -0.39 is 0 Å². The van der Waals surface area contributed by atoms with Crippen LogP contribution in [0.15, 0.2) is 18.2 Å². The summed E-state index contributed by atoms with van der Waals surface area (Å²) in [6.07, 6.45) is 9.35. The molecule has 0 amide bonds. The van der Waals surface area contributed by atoms with Gasteiger partial charge < -0.3 is 4.90 Å². The summed E-state index contributed by atoms with van der Waals surface area (Å²) in [5.74, 6) is 0. The van der Waals surface area contributed by atoms with Crippen molar-refractivity contribution in [2.75, 3.05) is 32.7 Å². The van der Waals surface area contributed by atoms with Crippen molar-refractivity contribution >= 4 is 23.2 Å². The first-order valence-corrected chi connectivity index (χ1v) is 9.88. The first-order chi connectivity index (χ1) is 11.2. The van der Waals surface area contributed by atoms with Gasteiger partial charge in [0.2, 0.25) is 0 Å². The van der Waals surface area contributed by atoms with Gasteiger partial charge in [-0.15, -0.1) is 0 Å². The number of halogens is 2. The van der Waals surface area contributed by atoms with Gasteiger partial charge in [-0.05, 0) is 69.4 Å². The van der Waals surface area contributed by atoms with Crippen LogP contribution in [0.5, 0.6) is 0 Å². The molecule has 0 bridgehead atoms. The molecule has 1 atom stereocenters. The van der Waals surface area contributed by atoms with E-state index in [2.05, 4.69) is 15.9 Å². The average Bonchev–Trinajstić information content (AvgIpc) is 2.82. The van der Waals surface area contributed by atoms with E-state index in [1.54, 1.807) is 0 Å². The van der Waals surface area contributed by atoms with Crippen molar-refractivity contribution in [1.82, 2.24) is 9.80 Å². The minimum Gasteiger partial charge on any atom is -0.301 e. The summed E-state index contributed by atoms with van der Waals surface area (Å²) >= 11 is 12.1. The third kappa shape index (κ3) is 5.09. The lowest BCUT2D eigenvalue weighted by molar-refractivity contribution is 0.124. The molecule has 0 aliphatic carbocycles. The Morgan fingerprint density at radius 1 is 0.913 bits per heavy atom. The molecule has 2 saturated heterocycles. The SMILES string of the molecule is Clc1ccc(CCN2CCCCC(N3CCCCC3)C2)cc1Cl. The van der Waals surface area contributed by atoms with Gasteiger partial charge >= 0.3 is 0 Å². The van der Waals surface area contributed by atoms with Crippen LogP contribution >= 0.6 is 23.2 Å². The molecule has 3 rings (SSSR count). The molecule has 0 spiro atoms. The molecule has 2 aliphatic rings. The maximum atomic E-state index is 6.13. The smallest absolute Gasteiger partial charge is 0.0595 e. The molecular formula is C19H28Cl2N2. The summed E-state index contributed by atoms with van der Waals surface area (Å²) in [6.45, 7) is 6.23. The number of hydrogen-bond acceptors (Lipinski definition) is 2. The lowest BCUT2D eigenvalue weighted by Crippen LogP contribution is -2.45. The first-order valence-electron chi connectivity index (χ1n) is 9.13. The van der Waals surface area contributed by atoms with E-state index in [1.165, 1.54) is 70.3 Å². The van der Waals surface area contributed by atoms with Gasteiger partial charge in [0, 0.05) is 19.1 Å². The molecule has 23 heavy (non-hydrogen) atoms. The van der Waals surface area contributed by atoms with E-state index in [-0.39, 0.29) is 0 Å². The lowest BCUT2D eigenvalue weighted by atomic mass is 10.0. The maximum absolute atomic E-state index is 6.13. The van der Waals surface area contributed by atoms with Crippen molar-refractivity contribution in [3.05, 3.63) is 33.8 Å². The van der Waals surface area contributed by atoms with Crippen molar-refractivity contribution < 1.29 is 0 Å². The molecular weight excluding hydrogens is 327 g/mol. The van der Waals surface area contributed by atoms with Crippen LogP contribution in [0.3, 0.4) is 0 Å². The van der Waals surface area contributed by atoms with Crippen molar-refractivity contribution in [2.24, 2.45) is 0 Å². The highest BCUT2D eigenvalue weighted by Crippen LogP contribution is 2.24. The molecule has 1 unspecified atom stereocenters. The number of hydrogen-bond donors (Lipinski definition) is 0. The van der Waals surface area contributed by atoms with Crippen LogP contribution in [0.25, 0.3) is 0 Å². The lowest BCUT2D eigenvalue weighted by Gasteiger charge is -2.36. The Hall–Kier alpha value is -0.280. The number of piperidine rings is 1. The van der Waals surface area contributed by atoms with Crippen molar-refractivity contribution in [1.29, 1.82) is 0 Å². The number of nitrogens with zero attached hydrogens (tertiary/aromatic N) is 2. The third-order valence-corrected chi connectivity index (χ3v) is 6.08. The quantitative estimate of drug-likeness (QED) is 0.760. The van der Waals surface area contributed by atoms with E-state index in [4.69, 9.17) is 23.2 Å². The molecule has 1 aromatic carbocycles. The zero-order valence-corrected chi connectivity index (χ0v) is 15.5. The molecule has 2 nitrogen and oxygen atoms in total. The fourth-order valence-corrected chi connectivity index (χ4v) is 4.28. The number of likely N-dealkylation sites (tertiary alicyclic amines) is 2. The van der Waals surface area contributed by atoms with Gasteiger partial charge in [0.15, 0.2) is 0 Å². The van der Waals surface area contributed by atoms with Gasteiger partial charge in [0.1, 0.15) is 0 Å². The highest BCUT2D eigenvalue weighted by atomic mass is 35.5. The van der Waals surface area contributed by atoms with E-state index in [9.17, 15) is 0 Å². The summed E-state index contributed by atoms with van der Waals surface area (Å²) in [4.78, 5) is 5.41. The maximum Gasteiger partial charge on any atom is 0.0595 e. The topological polar surface area (TPSA) is 6.48 Å². The normalized spacial score (nSPS) is 24.5. The van der Waals surface area contributed by atoms with Crippen LogP contribution in [-0.2, 0) is 6.42 Å². The second kappa shape index (κ2) is 8.71. The predicted molar refractivity (Wildman–Crippen MR) is 99.7 cm³/mol. The zero-order chi connectivity index (χ0) is 16.1. The van der Waals surface area contributed by atoms with E-state index in [0.717, 1.165) is 19.0 Å². The molecule has 0 radical (unpaired) electrons. The van der Waals surface area contributed by atoms with Crippen molar-refractivity contribution in [3.8, 4) is 0 Å². The van der Waals surface area contributed by atoms with Crippen LogP contribution in [0.4, 0.5) is 0 Å². The van der Waals surface area contributed by atoms with Crippen LogP contribution in [0, 0.1) is 0 Å². The van der Waals surface area contributed by atoms with Gasteiger partial charge in [-0.1, -0.05) is 42.1 Å². The Morgan fingerprint density at radius 3 is 2.48 bits per heavy atom. The summed E-state index contributed by atoms with van der Waals surface area (Å²) in [5.41, 5.74) is 1.29. The average molecular weight is 355 g/mol. The van der Waals surface area contributed by atoms with Crippen LogP contribution in [0.1, 0.15) is 44.1 Å².